The summed E-state index contributed by atoms with van der Waals surface area (Å²) in [7, 11) is 0. The van der Waals surface area contributed by atoms with Crippen molar-refractivity contribution in [1.82, 2.24) is 14.8 Å². The van der Waals surface area contributed by atoms with Gasteiger partial charge in [0.15, 0.2) is 5.82 Å². The van der Waals surface area contributed by atoms with Crippen molar-refractivity contribution in [2.24, 2.45) is 5.73 Å². The summed E-state index contributed by atoms with van der Waals surface area (Å²) < 4.78 is 26.9. The average Bonchev–Trinajstić information content (AvgIpc) is 2.59. The van der Waals surface area contributed by atoms with Gasteiger partial charge in [-0.05, 0) is 19.9 Å². The molecule has 0 saturated carbocycles. The topological polar surface area (TPSA) is 68.8 Å². The predicted octanol–water partition coefficient (Wildman–Crippen LogP) is 0.790. The number of alkyl halides is 2. The van der Waals surface area contributed by atoms with Crippen LogP contribution in [0.4, 0.5) is 14.7 Å². The average molecular weight is 231 g/mol. The number of hydrogen-bond donors (Lipinski definition) is 2. The number of hydrogen-bond acceptors (Lipinski definition) is 4. The Hall–Kier alpha value is -1.24. The molecule has 1 aromatic heterocycles. The first-order chi connectivity index (χ1) is 7.61. The predicted molar refractivity (Wildman–Crippen MR) is 55.5 cm³/mol. The molecule has 3 N–H and O–H groups in total. The van der Waals surface area contributed by atoms with E-state index in [1.54, 1.807) is 0 Å². The molecule has 0 aliphatic carbocycles. The van der Waals surface area contributed by atoms with Gasteiger partial charge in [-0.3, -0.25) is 0 Å². The standard InChI is InChI=1S/C9H15F2N5/c1-5-4-6(8(10)11)16-9(13-5)14-7(15-16)2-3-12/h5-6,8H,2-4,12H2,1H3,(H,13,14,15). The van der Waals surface area contributed by atoms with Crippen LogP contribution in [-0.4, -0.2) is 33.8 Å². The van der Waals surface area contributed by atoms with Gasteiger partial charge in [-0.15, -0.1) is 0 Å². The van der Waals surface area contributed by atoms with Crippen molar-refractivity contribution in [2.45, 2.75) is 38.3 Å². The fourth-order valence-corrected chi connectivity index (χ4v) is 1.88. The number of nitrogens with one attached hydrogen (secondary N) is 1. The van der Waals surface area contributed by atoms with Crippen LogP contribution in [-0.2, 0) is 6.42 Å². The Morgan fingerprint density at radius 1 is 1.62 bits per heavy atom. The largest absolute Gasteiger partial charge is 0.352 e. The molecule has 5 nitrogen and oxygen atoms in total. The maximum atomic E-state index is 12.8. The lowest BCUT2D eigenvalue weighted by molar-refractivity contribution is 0.0664. The van der Waals surface area contributed by atoms with Crippen molar-refractivity contribution in [2.75, 3.05) is 11.9 Å². The number of anilines is 1. The van der Waals surface area contributed by atoms with Gasteiger partial charge < -0.3 is 11.1 Å². The molecule has 0 radical (unpaired) electrons. The van der Waals surface area contributed by atoms with Crippen molar-refractivity contribution in [3.8, 4) is 0 Å². The van der Waals surface area contributed by atoms with E-state index in [-0.39, 0.29) is 6.04 Å². The Bertz CT molecular complexity index is 365. The van der Waals surface area contributed by atoms with E-state index in [9.17, 15) is 8.78 Å². The molecule has 2 atom stereocenters. The summed E-state index contributed by atoms with van der Waals surface area (Å²) in [6.45, 7) is 2.27. The van der Waals surface area contributed by atoms with E-state index in [1.165, 1.54) is 4.68 Å². The Balaban J connectivity index is 2.29. The highest BCUT2D eigenvalue weighted by molar-refractivity contribution is 5.30. The molecule has 1 aliphatic rings. The van der Waals surface area contributed by atoms with Crippen molar-refractivity contribution < 1.29 is 8.78 Å². The summed E-state index contributed by atoms with van der Waals surface area (Å²) >= 11 is 0. The van der Waals surface area contributed by atoms with Crippen molar-refractivity contribution in [1.29, 1.82) is 0 Å². The second kappa shape index (κ2) is 4.32. The summed E-state index contributed by atoms with van der Waals surface area (Å²) in [5.74, 6) is 0.942. The van der Waals surface area contributed by atoms with Gasteiger partial charge in [0.1, 0.15) is 6.04 Å². The summed E-state index contributed by atoms with van der Waals surface area (Å²) in [6.07, 6.45) is -1.56. The zero-order valence-corrected chi connectivity index (χ0v) is 9.03. The van der Waals surface area contributed by atoms with E-state index in [1.807, 2.05) is 6.92 Å². The first-order valence-corrected chi connectivity index (χ1v) is 5.32. The fourth-order valence-electron chi connectivity index (χ4n) is 1.88. The van der Waals surface area contributed by atoms with Crippen LogP contribution in [0, 0.1) is 0 Å². The van der Waals surface area contributed by atoms with Crippen molar-refractivity contribution in [3.05, 3.63) is 5.82 Å². The van der Waals surface area contributed by atoms with Crippen LogP contribution in [0.2, 0.25) is 0 Å². The molecular weight excluding hydrogens is 216 g/mol. The molecule has 1 aromatic rings. The van der Waals surface area contributed by atoms with Crippen LogP contribution in [0.25, 0.3) is 0 Å². The maximum absolute atomic E-state index is 12.8. The van der Waals surface area contributed by atoms with Gasteiger partial charge in [0.25, 0.3) is 6.43 Å². The second-order valence-corrected chi connectivity index (χ2v) is 4.02. The maximum Gasteiger partial charge on any atom is 0.260 e. The molecule has 2 unspecified atom stereocenters. The van der Waals surface area contributed by atoms with Crippen LogP contribution in [0.1, 0.15) is 25.2 Å². The molecular formula is C9H15F2N5. The molecule has 7 heteroatoms. The number of halogens is 2. The zero-order chi connectivity index (χ0) is 11.7. The highest BCUT2D eigenvalue weighted by Crippen LogP contribution is 2.29. The first-order valence-electron chi connectivity index (χ1n) is 5.32. The minimum Gasteiger partial charge on any atom is -0.352 e. The number of aromatic nitrogens is 3. The molecule has 0 aromatic carbocycles. The third-order valence-corrected chi connectivity index (χ3v) is 2.62. The van der Waals surface area contributed by atoms with Crippen LogP contribution >= 0.6 is 0 Å². The fraction of sp³-hybridized carbons (Fsp3) is 0.778. The van der Waals surface area contributed by atoms with Crippen LogP contribution in [0.3, 0.4) is 0 Å². The van der Waals surface area contributed by atoms with Gasteiger partial charge in [0, 0.05) is 12.5 Å². The third-order valence-electron chi connectivity index (χ3n) is 2.62. The molecule has 0 amide bonds. The lowest BCUT2D eigenvalue weighted by Gasteiger charge is -2.28. The Labute approximate surface area is 92.0 Å². The van der Waals surface area contributed by atoms with Gasteiger partial charge in [-0.1, -0.05) is 0 Å². The summed E-state index contributed by atoms with van der Waals surface area (Å²) in [5, 5.41) is 7.10. The summed E-state index contributed by atoms with van der Waals surface area (Å²) in [5.41, 5.74) is 5.38. The first kappa shape index (κ1) is 11.3. The number of rotatable bonds is 3. The highest BCUT2D eigenvalue weighted by atomic mass is 19.3. The molecule has 0 bridgehead atoms. The highest BCUT2D eigenvalue weighted by Gasteiger charge is 2.32. The van der Waals surface area contributed by atoms with Gasteiger partial charge in [0.05, 0.1) is 0 Å². The van der Waals surface area contributed by atoms with Gasteiger partial charge in [-0.2, -0.15) is 10.1 Å². The minimum absolute atomic E-state index is 0.0126. The van der Waals surface area contributed by atoms with E-state index in [0.29, 0.717) is 31.2 Å². The normalized spacial score (nSPS) is 24.3. The molecule has 16 heavy (non-hydrogen) atoms. The van der Waals surface area contributed by atoms with Gasteiger partial charge >= 0.3 is 0 Å². The molecule has 0 saturated heterocycles. The smallest absolute Gasteiger partial charge is 0.260 e. The zero-order valence-electron chi connectivity index (χ0n) is 9.03. The number of fused-ring (bicyclic) bond motifs is 1. The number of nitrogens with two attached hydrogens (primary N) is 1. The Morgan fingerprint density at radius 3 is 3.00 bits per heavy atom. The molecule has 2 rings (SSSR count). The number of nitrogens with zero attached hydrogens (tertiary/aromatic N) is 3. The third kappa shape index (κ3) is 1.99. The second-order valence-electron chi connectivity index (χ2n) is 4.02. The van der Waals surface area contributed by atoms with E-state index >= 15 is 0 Å². The SMILES string of the molecule is CC1CC(C(F)F)n2nc(CCN)nc2N1. The van der Waals surface area contributed by atoms with Crippen LogP contribution in [0.5, 0.6) is 0 Å². The van der Waals surface area contributed by atoms with E-state index < -0.39 is 12.5 Å². The van der Waals surface area contributed by atoms with Crippen LogP contribution < -0.4 is 11.1 Å². The Morgan fingerprint density at radius 2 is 2.38 bits per heavy atom. The molecule has 0 fully saturated rings. The van der Waals surface area contributed by atoms with E-state index in [4.69, 9.17) is 5.73 Å². The summed E-state index contributed by atoms with van der Waals surface area (Å²) in [6, 6.07) is -0.897. The molecule has 0 spiro atoms. The van der Waals surface area contributed by atoms with Gasteiger partial charge in [0.2, 0.25) is 5.95 Å². The summed E-state index contributed by atoms with van der Waals surface area (Å²) in [4.78, 5) is 4.15. The van der Waals surface area contributed by atoms with Crippen LogP contribution in [0.15, 0.2) is 0 Å². The van der Waals surface area contributed by atoms with Crippen molar-refractivity contribution in [3.63, 3.8) is 0 Å². The lowest BCUT2D eigenvalue weighted by atomic mass is 10.1. The van der Waals surface area contributed by atoms with E-state index in [2.05, 4.69) is 15.4 Å². The Kier molecular flexibility index (Phi) is 3.04. The quantitative estimate of drug-likeness (QED) is 0.807. The monoisotopic (exact) mass is 231 g/mol. The minimum atomic E-state index is -2.42. The van der Waals surface area contributed by atoms with Crippen molar-refractivity contribution >= 4 is 5.95 Å². The van der Waals surface area contributed by atoms with E-state index in [0.717, 1.165) is 0 Å². The molecule has 90 valence electrons. The lowest BCUT2D eigenvalue weighted by Crippen LogP contribution is -2.33. The molecule has 2 heterocycles. The molecule has 1 aliphatic heterocycles. The van der Waals surface area contributed by atoms with Gasteiger partial charge in [-0.25, -0.2) is 13.5 Å².